The van der Waals surface area contributed by atoms with Gasteiger partial charge >= 0.3 is 6.03 Å². The van der Waals surface area contributed by atoms with Crippen molar-refractivity contribution < 1.29 is 4.79 Å². The number of thiophene rings is 1. The van der Waals surface area contributed by atoms with E-state index in [0.717, 1.165) is 19.4 Å². The first-order valence-electron chi connectivity index (χ1n) is 10.1. The number of nitrogens with one attached hydrogen (secondary N) is 1. The molecule has 26 heavy (non-hydrogen) atoms. The average molecular weight is 370 g/mol. The number of urea groups is 1. The third-order valence-corrected chi connectivity index (χ3v) is 7.76. The third kappa shape index (κ3) is 2.59. The van der Waals surface area contributed by atoms with Crippen LogP contribution in [-0.2, 0) is 19.4 Å². The maximum absolute atomic E-state index is 13.2. The van der Waals surface area contributed by atoms with Crippen LogP contribution >= 0.6 is 11.3 Å². The predicted octanol–water partition coefficient (Wildman–Crippen LogP) is 4.95. The Morgan fingerprint density at radius 2 is 1.96 bits per heavy atom. The van der Waals surface area contributed by atoms with Gasteiger partial charge in [-0.25, -0.2) is 4.79 Å². The lowest BCUT2D eigenvalue weighted by atomic mass is 9.95. The lowest BCUT2D eigenvalue weighted by Gasteiger charge is -2.29. The van der Waals surface area contributed by atoms with Gasteiger partial charge < -0.3 is 14.8 Å². The van der Waals surface area contributed by atoms with Crippen molar-refractivity contribution in [3.05, 3.63) is 40.0 Å². The molecule has 2 aromatic rings. The highest BCUT2D eigenvalue weighted by Gasteiger charge is 2.33. The molecule has 2 amide bonds. The van der Waals surface area contributed by atoms with Gasteiger partial charge in [0.15, 0.2) is 0 Å². The topological polar surface area (TPSA) is 37.3 Å². The van der Waals surface area contributed by atoms with Gasteiger partial charge in [-0.05, 0) is 63.1 Å². The lowest BCUT2D eigenvalue weighted by Crippen LogP contribution is -2.44. The van der Waals surface area contributed by atoms with E-state index in [-0.39, 0.29) is 12.1 Å². The van der Waals surface area contributed by atoms with Crippen LogP contribution in [0, 0.1) is 0 Å². The molecule has 0 saturated heterocycles. The highest BCUT2D eigenvalue weighted by atomic mass is 32.1. The molecule has 0 spiro atoms. The summed E-state index contributed by atoms with van der Waals surface area (Å²) in [6, 6.07) is 4.85. The van der Waals surface area contributed by atoms with Crippen molar-refractivity contribution in [3.63, 3.8) is 0 Å². The van der Waals surface area contributed by atoms with E-state index in [1.165, 1.54) is 60.3 Å². The first-order valence-corrected chi connectivity index (χ1v) is 10.9. The minimum atomic E-state index is 0.0882. The lowest BCUT2D eigenvalue weighted by molar-refractivity contribution is 0.171. The quantitative estimate of drug-likeness (QED) is 0.759. The van der Waals surface area contributed by atoms with Gasteiger partial charge in [0.25, 0.3) is 0 Å². The summed E-state index contributed by atoms with van der Waals surface area (Å²) in [5, 5.41) is 4.66. The molecule has 1 aliphatic heterocycles. The van der Waals surface area contributed by atoms with E-state index in [1.807, 2.05) is 11.3 Å². The molecule has 4 nitrogen and oxygen atoms in total. The predicted molar refractivity (Wildman–Crippen MR) is 105 cm³/mol. The Morgan fingerprint density at radius 1 is 1.15 bits per heavy atom. The van der Waals surface area contributed by atoms with Gasteiger partial charge in [-0.15, -0.1) is 11.3 Å². The maximum atomic E-state index is 13.2. The SMILES string of the molecule is C[C@@H]1c2cccn2-c2sc3c(c2CN1C(=O)NC1CCCC1)CCCC3. The van der Waals surface area contributed by atoms with Crippen molar-refractivity contribution in [2.24, 2.45) is 0 Å². The molecule has 1 fully saturated rings. The van der Waals surface area contributed by atoms with Gasteiger partial charge in [-0.1, -0.05) is 12.8 Å². The average Bonchev–Trinajstić information content (AvgIpc) is 3.37. The molecule has 1 atom stereocenters. The van der Waals surface area contributed by atoms with Gasteiger partial charge in [0.05, 0.1) is 12.6 Å². The van der Waals surface area contributed by atoms with Crippen LogP contribution in [0.4, 0.5) is 4.79 Å². The van der Waals surface area contributed by atoms with Crippen molar-refractivity contribution in [1.29, 1.82) is 0 Å². The van der Waals surface area contributed by atoms with Crippen LogP contribution in [0.25, 0.3) is 5.00 Å². The van der Waals surface area contributed by atoms with E-state index >= 15 is 0 Å². The Kier molecular flexibility index (Phi) is 4.07. The fraction of sp³-hybridized carbons (Fsp3) is 0.571. The molecule has 1 saturated carbocycles. The van der Waals surface area contributed by atoms with Crippen molar-refractivity contribution in [3.8, 4) is 5.00 Å². The first-order chi connectivity index (χ1) is 12.7. The fourth-order valence-electron chi connectivity index (χ4n) is 4.94. The minimum absolute atomic E-state index is 0.0882. The number of carbonyl (C=O) groups is 1. The Balaban J connectivity index is 1.54. The van der Waals surface area contributed by atoms with Crippen molar-refractivity contribution in [2.75, 3.05) is 0 Å². The maximum Gasteiger partial charge on any atom is 0.318 e. The molecule has 5 rings (SSSR count). The second-order valence-corrected chi connectivity index (χ2v) is 9.12. The van der Waals surface area contributed by atoms with Gasteiger partial charge in [0.2, 0.25) is 0 Å². The Hall–Kier alpha value is -1.75. The van der Waals surface area contributed by atoms with Crippen molar-refractivity contribution in [1.82, 2.24) is 14.8 Å². The van der Waals surface area contributed by atoms with E-state index in [1.54, 1.807) is 4.88 Å². The monoisotopic (exact) mass is 369 g/mol. The Morgan fingerprint density at radius 3 is 2.81 bits per heavy atom. The molecular weight excluding hydrogens is 342 g/mol. The third-order valence-electron chi connectivity index (χ3n) is 6.43. The zero-order chi connectivity index (χ0) is 17.7. The van der Waals surface area contributed by atoms with E-state index in [2.05, 4.69) is 40.0 Å². The number of carbonyl (C=O) groups excluding carboxylic acids is 1. The van der Waals surface area contributed by atoms with Crippen LogP contribution in [0.1, 0.15) is 73.2 Å². The molecule has 0 radical (unpaired) electrons. The van der Waals surface area contributed by atoms with E-state index < -0.39 is 0 Å². The Bertz CT molecular complexity index is 830. The standard InChI is InChI=1S/C21H27N3OS/c1-14-18-10-6-12-23(18)20-17(16-9-4-5-11-19(16)26-20)13-24(14)21(25)22-15-7-2-3-8-15/h6,10,12,14-15H,2-5,7-9,11,13H2,1H3,(H,22,25)/t14-/m1/s1. The summed E-state index contributed by atoms with van der Waals surface area (Å²) in [5.41, 5.74) is 4.15. The van der Waals surface area contributed by atoms with Gasteiger partial charge in [0, 0.05) is 28.4 Å². The summed E-state index contributed by atoms with van der Waals surface area (Å²) in [4.78, 5) is 16.8. The van der Waals surface area contributed by atoms with Crippen LogP contribution in [-0.4, -0.2) is 21.5 Å². The smallest absolute Gasteiger partial charge is 0.318 e. The molecule has 0 unspecified atom stereocenters. The molecule has 3 heterocycles. The second kappa shape index (κ2) is 6.45. The number of aromatic nitrogens is 1. The van der Waals surface area contributed by atoms with Crippen molar-refractivity contribution >= 4 is 17.4 Å². The van der Waals surface area contributed by atoms with Gasteiger partial charge in [0.1, 0.15) is 5.00 Å². The number of aryl methyl sites for hydroxylation is 1. The zero-order valence-corrected chi connectivity index (χ0v) is 16.3. The number of hydrogen-bond donors (Lipinski definition) is 1. The second-order valence-electron chi connectivity index (χ2n) is 8.03. The summed E-state index contributed by atoms with van der Waals surface area (Å²) in [7, 11) is 0. The molecule has 0 aromatic carbocycles. The van der Waals surface area contributed by atoms with Crippen LogP contribution in [0.15, 0.2) is 18.3 Å². The highest BCUT2D eigenvalue weighted by Crippen LogP contribution is 2.42. The van der Waals surface area contributed by atoms with Crippen LogP contribution < -0.4 is 5.32 Å². The van der Waals surface area contributed by atoms with Gasteiger partial charge in [-0.2, -0.15) is 0 Å². The molecule has 5 heteroatoms. The normalized spacial score (nSPS) is 22.5. The van der Waals surface area contributed by atoms with Crippen LogP contribution in [0.3, 0.4) is 0 Å². The summed E-state index contributed by atoms with van der Waals surface area (Å²) in [6.07, 6.45) is 11.9. The van der Waals surface area contributed by atoms with E-state index in [4.69, 9.17) is 0 Å². The zero-order valence-electron chi connectivity index (χ0n) is 15.5. The summed E-state index contributed by atoms with van der Waals surface area (Å²) < 4.78 is 2.34. The molecule has 0 bridgehead atoms. The fourth-order valence-corrected chi connectivity index (χ4v) is 6.34. The van der Waals surface area contributed by atoms with Crippen LogP contribution in [0.5, 0.6) is 0 Å². The highest BCUT2D eigenvalue weighted by molar-refractivity contribution is 7.15. The molecule has 3 aliphatic rings. The molecule has 2 aliphatic carbocycles. The van der Waals surface area contributed by atoms with Crippen LogP contribution in [0.2, 0.25) is 0 Å². The Labute approximate surface area is 159 Å². The number of amides is 2. The largest absolute Gasteiger partial charge is 0.335 e. The molecule has 138 valence electrons. The van der Waals surface area contributed by atoms with Gasteiger partial charge in [-0.3, -0.25) is 0 Å². The summed E-state index contributed by atoms with van der Waals surface area (Å²) in [5.74, 6) is 0. The van der Waals surface area contributed by atoms with E-state index in [0.29, 0.717) is 6.04 Å². The number of rotatable bonds is 1. The number of nitrogens with zero attached hydrogens (tertiary/aromatic N) is 2. The molecular formula is C21H27N3OS. The first kappa shape index (κ1) is 16.4. The van der Waals surface area contributed by atoms with Crippen molar-refractivity contribution in [2.45, 2.75) is 76.9 Å². The molecule has 1 N–H and O–H groups in total. The van der Waals surface area contributed by atoms with E-state index in [9.17, 15) is 4.79 Å². The summed E-state index contributed by atoms with van der Waals surface area (Å²) in [6.45, 7) is 2.91. The summed E-state index contributed by atoms with van der Waals surface area (Å²) >= 11 is 1.95. The number of hydrogen-bond acceptors (Lipinski definition) is 2. The minimum Gasteiger partial charge on any atom is -0.335 e. The number of fused-ring (bicyclic) bond motifs is 5. The molecule has 2 aromatic heterocycles.